The Hall–Kier alpha value is -0.760. The van der Waals surface area contributed by atoms with Crippen molar-refractivity contribution in [2.24, 2.45) is 17.8 Å². The van der Waals surface area contributed by atoms with Crippen molar-refractivity contribution in [1.82, 2.24) is 9.88 Å². The summed E-state index contributed by atoms with van der Waals surface area (Å²) >= 11 is 0. The molecule has 5 rings (SSSR count). The molecular weight excluding hydrogens is 232 g/mol. The van der Waals surface area contributed by atoms with Crippen molar-refractivity contribution >= 4 is 0 Å². The zero-order valence-corrected chi connectivity index (χ0v) is 12.1. The van der Waals surface area contributed by atoms with E-state index in [0.29, 0.717) is 5.54 Å². The summed E-state index contributed by atoms with van der Waals surface area (Å²) in [5, 5.41) is 3.98. The summed E-state index contributed by atoms with van der Waals surface area (Å²) in [6, 6.07) is 4.46. The summed E-state index contributed by atoms with van der Waals surface area (Å²) in [7, 11) is 0. The monoisotopic (exact) mass is 258 g/mol. The zero-order valence-electron chi connectivity index (χ0n) is 12.1. The molecule has 19 heavy (non-hydrogen) atoms. The maximum absolute atomic E-state index is 3.98. The first-order valence-corrected chi connectivity index (χ1v) is 8.15. The highest BCUT2D eigenvalue weighted by Gasteiger charge is 2.50. The Labute approximate surface area is 116 Å². The van der Waals surface area contributed by atoms with Crippen molar-refractivity contribution in [3.63, 3.8) is 0 Å². The highest BCUT2D eigenvalue weighted by molar-refractivity contribution is 5.11. The summed E-state index contributed by atoms with van der Waals surface area (Å²) in [6.45, 7) is 4.38. The van der Waals surface area contributed by atoms with Gasteiger partial charge in [-0.1, -0.05) is 0 Å². The van der Waals surface area contributed by atoms with Crippen molar-refractivity contribution in [3.8, 4) is 0 Å². The van der Waals surface area contributed by atoms with Crippen LogP contribution in [0.5, 0.6) is 0 Å². The molecule has 1 aromatic rings. The van der Waals surface area contributed by atoms with Gasteiger partial charge in [0, 0.05) is 30.5 Å². The molecule has 0 amide bonds. The lowest BCUT2D eigenvalue weighted by atomic mass is 9.53. The molecule has 4 bridgehead atoms. The molecule has 0 aromatic carbocycles. The molecule has 2 heteroatoms. The number of nitrogens with zero attached hydrogens (tertiary/aromatic N) is 1. The van der Waals surface area contributed by atoms with Crippen LogP contribution < -0.4 is 5.32 Å². The Morgan fingerprint density at radius 1 is 1.16 bits per heavy atom. The van der Waals surface area contributed by atoms with Gasteiger partial charge in [-0.15, -0.1) is 0 Å². The number of nitrogens with one attached hydrogen (secondary N) is 1. The van der Waals surface area contributed by atoms with Gasteiger partial charge >= 0.3 is 0 Å². The first-order chi connectivity index (χ1) is 9.26. The molecular formula is C17H26N2. The van der Waals surface area contributed by atoms with E-state index in [0.717, 1.165) is 30.8 Å². The predicted molar refractivity (Wildman–Crippen MR) is 77.8 cm³/mol. The first kappa shape index (κ1) is 12.0. The SMILES string of the molecule is CCn1cccc1CNC12CC3CC(CC(C3)C1)C2. The van der Waals surface area contributed by atoms with E-state index in [1.807, 2.05) is 0 Å². The average molecular weight is 258 g/mol. The van der Waals surface area contributed by atoms with Gasteiger partial charge in [0.25, 0.3) is 0 Å². The molecule has 4 aliphatic carbocycles. The standard InChI is InChI=1S/C17H26N2/c1-2-19-5-3-4-16(19)12-18-17-9-13-6-14(10-17)8-15(7-13)11-17/h3-5,13-15,18H,2,6-12H2,1H3. The van der Waals surface area contributed by atoms with E-state index in [-0.39, 0.29) is 0 Å². The molecule has 0 atom stereocenters. The minimum absolute atomic E-state index is 0.498. The Morgan fingerprint density at radius 3 is 2.37 bits per heavy atom. The van der Waals surface area contributed by atoms with Gasteiger partial charge in [0.2, 0.25) is 0 Å². The zero-order chi connectivity index (χ0) is 12.9. The van der Waals surface area contributed by atoms with E-state index in [1.165, 1.54) is 44.2 Å². The summed E-state index contributed by atoms with van der Waals surface area (Å²) in [4.78, 5) is 0. The normalized spacial score (nSPS) is 39.9. The maximum atomic E-state index is 3.98. The Balaban J connectivity index is 1.48. The molecule has 2 nitrogen and oxygen atoms in total. The van der Waals surface area contributed by atoms with Crippen molar-refractivity contribution in [1.29, 1.82) is 0 Å². The quantitative estimate of drug-likeness (QED) is 0.873. The van der Waals surface area contributed by atoms with Crippen LogP contribution in [-0.2, 0) is 13.1 Å². The largest absolute Gasteiger partial charge is 0.351 e. The molecule has 0 unspecified atom stereocenters. The fourth-order valence-electron chi connectivity index (χ4n) is 5.52. The van der Waals surface area contributed by atoms with E-state index >= 15 is 0 Å². The van der Waals surface area contributed by atoms with Gasteiger partial charge in [0.1, 0.15) is 0 Å². The van der Waals surface area contributed by atoms with Crippen molar-refractivity contribution < 1.29 is 0 Å². The highest BCUT2D eigenvalue weighted by Crippen LogP contribution is 2.55. The van der Waals surface area contributed by atoms with Crippen LogP contribution in [0.4, 0.5) is 0 Å². The number of hydrogen-bond acceptors (Lipinski definition) is 1. The Bertz CT molecular complexity index is 424. The molecule has 0 radical (unpaired) electrons. The van der Waals surface area contributed by atoms with Gasteiger partial charge in [-0.3, -0.25) is 0 Å². The van der Waals surface area contributed by atoms with E-state index in [9.17, 15) is 0 Å². The fourth-order valence-corrected chi connectivity index (χ4v) is 5.52. The predicted octanol–water partition coefficient (Wildman–Crippen LogP) is 3.57. The number of hydrogen-bond donors (Lipinski definition) is 1. The van der Waals surface area contributed by atoms with Gasteiger partial charge in [-0.05, 0) is 75.3 Å². The van der Waals surface area contributed by atoms with Crippen LogP contribution in [-0.4, -0.2) is 10.1 Å². The smallest absolute Gasteiger partial charge is 0.0364 e. The van der Waals surface area contributed by atoms with Gasteiger partial charge in [-0.25, -0.2) is 0 Å². The third kappa shape index (κ3) is 2.05. The average Bonchev–Trinajstić information content (AvgIpc) is 2.82. The van der Waals surface area contributed by atoms with Gasteiger partial charge in [-0.2, -0.15) is 0 Å². The molecule has 1 aromatic heterocycles. The molecule has 1 heterocycles. The Morgan fingerprint density at radius 2 is 1.79 bits per heavy atom. The second kappa shape index (κ2) is 4.37. The first-order valence-electron chi connectivity index (χ1n) is 8.15. The summed E-state index contributed by atoms with van der Waals surface area (Å²) in [5.41, 5.74) is 1.95. The van der Waals surface area contributed by atoms with E-state index in [1.54, 1.807) is 0 Å². The molecule has 0 aliphatic heterocycles. The summed E-state index contributed by atoms with van der Waals surface area (Å²) < 4.78 is 2.37. The molecule has 4 saturated carbocycles. The minimum Gasteiger partial charge on any atom is -0.351 e. The second-order valence-electron chi connectivity index (χ2n) is 7.34. The van der Waals surface area contributed by atoms with Crippen LogP contribution in [0.1, 0.15) is 51.1 Å². The highest BCUT2D eigenvalue weighted by atomic mass is 15.0. The minimum atomic E-state index is 0.498. The van der Waals surface area contributed by atoms with Crippen LogP contribution in [0.25, 0.3) is 0 Å². The molecule has 104 valence electrons. The van der Waals surface area contributed by atoms with Crippen LogP contribution in [0.2, 0.25) is 0 Å². The van der Waals surface area contributed by atoms with Crippen molar-refractivity contribution in [3.05, 3.63) is 24.0 Å². The molecule has 0 spiro atoms. The van der Waals surface area contributed by atoms with Crippen LogP contribution >= 0.6 is 0 Å². The van der Waals surface area contributed by atoms with Crippen LogP contribution in [0.3, 0.4) is 0 Å². The molecule has 4 aliphatic rings. The fraction of sp³-hybridized carbons (Fsp3) is 0.765. The van der Waals surface area contributed by atoms with E-state index in [4.69, 9.17) is 0 Å². The topological polar surface area (TPSA) is 17.0 Å². The summed E-state index contributed by atoms with van der Waals surface area (Å²) in [5.74, 6) is 3.12. The van der Waals surface area contributed by atoms with Crippen molar-refractivity contribution in [2.75, 3.05) is 0 Å². The Kier molecular flexibility index (Phi) is 2.77. The lowest BCUT2D eigenvalue weighted by Crippen LogP contribution is -2.58. The van der Waals surface area contributed by atoms with E-state index < -0.39 is 0 Å². The number of aryl methyl sites for hydroxylation is 1. The van der Waals surface area contributed by atoms with Gasteiger partial charge in [0.15, 0.2) is 0 Å². The van der Waals surface area contributed by atoms with Gasteiger partial charge < -0.3 is 9.88 Å². The third-order valence-electron chi connectivity index (χ3n) is 5.95. The number of rotatable bonds is 4. The lowest BCUT2D eigenvalue weighted by molar-refractivity contribution is -0.0208. The van der Waals surface area contributed by atoms with Crippen molar-refractivity contribution in [2.45, 2.75) is 64.1 Å². The molecule has 1 N–H and O–H groups in total. The lowest BCUT2D eigenvalue weighted by Gasteiger charge is -2.57. The molecule has 4 fully saturated rings. The second-order valence-corrected chi connectivity index (χ2v) is 7.34. The maximum Gasteiger partial charge on any atom is 0.0364 e. The van der Waals surface area contributed by atoms with Gasteiger partial charge in [0.05, 0.1) is 0 Å². The number of aromatic nitrogens is 1. The van der Waals surface area contributed by atoms with Crippen LogP contribution in [0.15, 0.2) is 18.3 Å². The molecule has 0 saturated heterocycles. The van der Waals surface area contributed by atoms with Crippen LogP contribution in [0, 0.1) is 17.8 Å². The van der Waals surface area contributed by atoms with E-state index in [2.05, 4.69) is 35.1 Å². The summed E-state index contributed by atoms with van der Waals surface area (Å²) in [6.07, 6.45) is 11.2. The third-order valence-corrected chi connectivity index (χ3v) is 5.95.